The second-order valence-corrected chi connectivity index (χ2v) is 5.76. The largest absolute Gasteiger partial charge is 0.378 e. The van der Waals surface area contributed by atoms with Crippen molar-refractivity contribution in [2.24, 2.45) is 5.73 Å². The van der Waals surface area contributed by atoms with Crippen molar-refractivity contribution in [3.8, 4) is 0 Å². The average Bonchev–Trinajstić information content (AvgIpc) is 2.82. The molecular formula is C16H25NO. The van der Waals surface area contributed by atoms with Crippen molar-refractivity contribution >= 4 is 0 Å². The molecule has 2 atom stereocenters. The van der Waals surface area contributed by atoms with Crippen LogP contribution in [0.1, 0.15) is 50.2 Å². The Bertz CT molecular complexity index is 380. The fourth-order valence-electron chi connectivity index (χ4n) is 2.92. The summed E-state index contributed by atoms with van der Waals surface area (Å²) in [7, 11) is 0. The van der Waals surface area contributed by atoms with Crippen molar-refractivity contribution < 1.29 is 4.74 Å². The lowest BCUT2D eigenvalue weighted by Crippen LogP contribution is -2.34. The molecule has 1 heterocycles. The van der Waals surface area contributed by atoms with Gasteiger partial charge in [-0.15, -0.1) is 0 Å². The molecule has 2 heteroatoms. The second-order valence-electron chi connectivity index (χ2n) is 5.76. The van der Waals surface area contributed by atoms with E-state index in [9.17, 15) is 0 Å². The van der Waals surface area contributed by atoms with Gasteiger partial charge in [0.15, 0.2) is 0 Å². The van der Waals surface area contributed by atoms with Crippen LogP contribution in [0.5, 0.6) is 0 Å². The fourth-order valence-corrected chi connectivity index (χ4v) is 2.92. The minimum Gasteiger partial charge on any atom is -0.378 e. The van der Waals surface area contributed by atoms with Crippen LogP contribution >= 0.6 is 0 Å². The molecule has 0 radical (unpaired) electrons. The Balaban J connectivity index is 1.88. The topological polar surface area (TPSA) is 35.2 Å². The molecule has 2 rings (SSSR count). The van der Waals surface area contributed by atoms with Crippen LogP contribution in [0.3, 0.4) is 0 Å². The van der Waals surface area contributed by atoms with Gasteiger partial charge < -0.3 is 10.5 Å². The molecule has 2 unspecified atom stereocenters. The van der Waals surface area contributed by atoms with Crippen molar-refractivity contribution in [2.45, 2.75) is 57.6 Å². The van der Waals surface area contributed by atoms with Crippen molar-refractivity contribution in [1.82, 2.24) is 0 Å². The molecule has 0 saturated carbocycles. The maximum Gasteiger partial charge on any atom is 0.0576 e. The number of aryl methyl sites for hydroxylation is 1. The Labute approximate surface area is 111 Å². The lowest BCUT2D eigenvalue weighted by atomic mass is 9.85. The summed E-state index contributed by atoms with van der Waals surface area (Å²) in [6, 6.07) is 8.44. The first kappa shape index (κ1) is 13.6. The van der Waals surface area contributed by atoms with Crippen LogP contribution in [0, 0.1) is 6.92 Å². The molecule has 0 amide bonds. The molecular weight excluding hydrogens is 222 g/mol. The zero-order valence-corrected chi connectivity index (χ0v) is 11.6. The highest BCUT2D eigenvalue weighted by molar-refractivity contribution is 5.31. The van der Waals surface area contributed by atoms with Gasteiger partial charge >= 0.3 is 0 Å². The van der Waals surface area contributed by atoms with Gasteiger partial charge in [-0.2, -0.15) is 0 Å². The third-order valence-corrected chi connectivity index (χ3v) is 4.01. The second kappa shape index (κ2) is 5.85. The summed E-state index contributed by atoms with van der Waals surface area (Å²) in [5.74, 6) is 0. The predicted molar refractivity (Wildman–Crippen MR) is 75.5 cm³/mol. The van der Waals surface area contributed by atoms with Gasteiger partial charge in [0.2, 0.25) is 0 Å². The molecule has 0 bridgehead atoms. The number of benzene rings is 1. The molecule has 1 aromatic rings. The van der Waals surface area contributed by atoms with E-state index < -0.39 is 0 Å². The maximum atomic E-state index is 6.48. The summed E-state index contributed by atoms with van der Waals surface area (Å²) in [5, 5.41) is 0. The van der Waals surface area contributed by atoms with E-state index in [4.69, 9.17) is 10.5 Å². The average molecular weight is 247 g/mol. The van der Waals surface area contributed by atoms with E-state index in [-0.39, 0.29) is 5.54 Å². The van der Waals surface area contributed by atoms with E-state index in [2.05, 4.69) is 38.1 Å². The number of nitrogens with two attached hydrogens (primary N) is 1. The zero-order chi connectivity index (χ0) is 13.0. The van der Waals surface area contributed by atoms with E-state index in [1.807, 2.05) is 0 Å². The quantitative estimate of drug-likeness (QED) is 0.864. The first-order chi connectivity index (χ1) is 8.59. The van der Waals surface area contributed by atoms with Crippen LogP contribution in [0.25, 0.3) is 0 Å². The van der Waals surface area contributed by atoms with Crippen molar-refractivity contribution in [3.63, 3.8) is 0 Å². The third-order valence-electron chi connectivity index (χ3n) is 4.01. The minimum atomic E-state index is -0.218. The number of ether oxygens (including phenoxy) is 1. The predicted octanol–water partition coefficient (Wildman–Crippen LogP) is 3.52. The van der Waals surface area contributed by atoms with Crippen molar-refractivity contribution in [2.75, 3.05) is 6.61 Å². The summed E-state index contributed by atoms with van der Waals surface area (Å²) >= 11 is 0. The van der Waals surface area contributed by atoms with Crippen LogP contribution in [0.4, 0.5) is 0 Å². The molecule has 2 N–H and O–H groups in total. The molecule has 1 fully saturated rings. The highest BCUT2D eigenvalue weighted by Crippen LogP contribution is 2.28. The van der Waals surface area contributed by atoms with Crippen LogP contribution in [0.15, 0.2) is 24.3 Å². The van der Waals surface area contributed by atoms with Crippen LogP contribution in [-0.4, -0.2) is 12.7 Å². The van der Waals surface area contributed by atoms with Gasteiger partial charge in [-0.05, 0) is 57.1 Å². The maximum absolute atomic E-state index is 6.48. The summed E-state index contributed by atoms with van der Waals surface area (Å²) in [4.78, 5) is 0. The van der Waals surface area contributed by atoms with Gasteiger partial charge in [0.25, 0.3) is 0 Å². The highest BCUT2D eigenvalue weighted by Gasteiger charge is 2.23. The Kier molecular flexibility index (Phi) is 4.41. The standard InChI is InChI=1S/C16H25NO/c1-13-7-3-4-10-15(13)16(2,17)11-5-8-14-9-6-12-18-14/h3-4,7,10,14H,5-6,8-9,11-12,17H2,1-2H3. The van der Waals surface area contributed by atoms with E-state index in [0.29, 0.717) is 6.10 Å². The van der Waals surface area contributed by atoms with Gasteiger partial charge in [0.1, 0.15) is 0 Å². The molecule has 1 saturated heterocycles. The number of rotatable bonds is 5. The summed E-state index contributed by atoms with van der Waals surface area (Å²) in [6.45, 7) is 5.23. The summed E-state index contributed by atoms with van der Waals surface area (Å²) in [6.07, 6.45) is 6.26. The molecule has 1 aliphatic heterocycles. The monoisotopic (exact) mass is 247 g/mol. The first-order valence-electron chi connectivity index (χ1n) is 7.06. The Morgan fingerprint density at radius 2 is 2.17 bits per heavy atom. The van der Waals surface area contributed by atoms with Gasteiger partial charge in [0.05, 0.1) is 6.10 Å². The normalized spacial score (nSPS) is 22.9. The lowest BCUT2D eigenvalue weighted by molar-refractivity contribution is 0.100. The lowest BCUT2D eigenvalue weighted by Gasteiger charge is -2.27. The molecule has 1 aromatic carbocycles. The Hall–Kier alpha value is -0.860. The molecule has 18 heavy (non-hydrogen) atoms. The van der Waals surface area contributed by atoms with E-state index in [1.54, 1.807) is 0 Å². The van der Waals surface area contributed by atoms with Gasteiger partial charge in [-0.3, -0.25) is 0 Å². The summed E-state index contributed by atoms with van der Waals surface area (Å²) in [5.41, 5.74) is 8.83. The smallest absolute Gasteiger partial charge is 0.0576 e. The van der Waals surface area contributed by atoms with Crippen LogP contribution in [-0.2, 0) is 10.3 Å². The third kappa shape index (κ3) is 3.33. The molecule has 2 nitrogen and oxygen atoms in total. The highest BCUT2D eigenvalue weighted by atomic mass is 16.5. The van der Waals surface area contributed by atoms with E-state index in [1.165, 1.54) is 24.0 Å². The molecule has 0 spiro atoms. The Morgan fingerprint density at radius 1 is 1.39 bits per heavy atom. The minimum absolute atomic E-state index is 0.218. The van der Waals surface area contributed by atoms with Crippen molar-refractivity contribution in [3.05, 3.63) is 35.4 Å². The van der Waals surface area contributed by atoms with E-state index >= 15 is 0 Å². The van der Waals surface area contributed by atoms with Gasteiger partial charge in [-0.1, -0.05) is 24.3 Å². The Morgan fingerprint density at radius 3 is 2.83 bits per heavy atom. The van der Waals surface area contributed by atoms with Gasteiger partial charge in [-0.25, -0.2) is 0 Å². The van der Waals surface area contributed by atoms with Crippen LogP contribution in [0.2, 0.25) is 0 Å². The van der Waals surface area contributed by atoms with Gasteiger partial charge in [0, 0.05) is 12.1 Å². The fraction of sp³-hybridized carbons (Fsp3) is 0.625. The van der Waals surface area contributed by atoms with Crippen molar-refractivity contribution in [1.29, 1.82) is 0 Å². The molecule has 0 aliphatic carbocycles. The molecule has 0 aromatic heterocycles. The number of hydrogen-bond donors (Lipinski definition) is 1. The van der Waals surface area contributed by atoms with E-state index in [0.717, 1.165) is 25.9 Å². The van der Waals surface area contributed by atoms with Crippen LogP contribution < -0.4 is 5.73 Å². The number of hydrogen-bond acceptors (Lipinski definition) is 2. The summed E-state index contributed by atoms with van der Waals surface area (Å²) < 4.78 is 5.66. The first-order valence-corrected chi connectivity index (χ1v) is 7.06. The SMILES string of the molecule is Cc1ccccc1C(C)(N)CCCC1CCCO1. The zero-order valence-electron chi connectivity index (χ0n) is 11.6. The molecule has 1 aliphatic rings. The molecule has 100 valence electrons.